The Morgan fingerprint density at radius 3 is 2.74 bits per heavy atom. The number of phenolic OH excluding ortho intramolecular Hbond substituents is 1. The molecule has 0 aliphatic carbocycles. The molecule has 0 bridgehead atoms. The molecule has 2 N–H and O–H groups in total. The van der Waals surface area contributed by atoms with Crippen LogP contribution in [0.4, 0.5) is 0 Å². The van der Waals surface area contributed by atoms with Crippen molar-refractivity contribution in [3.05, 3.63) is 28.2 Å². The number of aromatic hydroxyl groups is 1. The molecule has 1 aliphatic heterocycles. The van der Waals surface area contributed by atoms with Crippen molar-refractivity contribution in [3.8, 4) is 5.75 Å². The van der Waals surface area contributed by atoms with Crippen LogP contribution in [0.3, 0.4) is 0 Å². The number of nitrogens with one attached hydrogen (secondary N) is 1. The molecule has 1 saturated heterocycles. The Balaban J connectivity index is 2.05. The van der Waals surface area contributed by atoms with E-state index in [1.54, 1.807) is 6.07 Å². The molecule has 3 nitrogen and oxygen atoms in total. The minimum atomic E-state index is 0.228. The molecule has 1 aromatic carbocycles. The number of phenols is 1. The predicted molar refractivity (Wildman–Crippen MR) is 82.5 cm³/mol. The molecule has 1 unspecified atom stereocenters. The highest BCUT2D eigenvalue weighted by molar-refractivity contribution is 9.10. The van der Waals surface area contributed by atoms with Crippen molar-refractivity contribution in [2.75, 3.05) is 20.1 Å². The molecule has 4 heteroatoms. The SMILES string of the molecule is CCC(NC1CCN(C)CC1)c1cc(Br)ccc1O. The standard InChI is InChI=1S/C15H23BrN2O/c1-3-14(13-10-11(16)4-5-15(13)19)17-12-6-8-18(2)9-7-12/h4-5,10,12,14,17,19H,3,6-9H2,1-2H3. The molecule has 0 amide bonds. The van der Waals surface area contributed by atoms with Gasteiger partial charge in [-0.25, -0.2) is 0 Å². The van der Waals surface area contributed by atoms with Gasteiger partial charge in [0.1, 0.15) is 5.75 Å². The van der Waals surface area contributed by atoms with Crippen molar-refractivity contribution in [1.29, 1.82) is 0 Å². The van der Waals surface area contributed by atoms with E-state index in [2.05, 4.69) is 40.1 Å². The van der Waals surface area contributed by atoms with Gasteiger partial charge in [0, 0.05) is 22.1 Å². The summed E-state index contributed by atoms with van der Waals surface area (Å²) in [6.45, 7) is 4.46. The lowest BCUT2D eigenvalue weighted by Gasteiger charge is -2.32. The molecule has 19 heavy (non-hydrogen) atoms. The van der Waals surface area contributed by atoms with E-state index in [-0.39, 0.29) is 6.04 Å². The van der Waals surface area contributed by atoms with Crippen LogP contribution in [-0.4, -0.2) is 36.2 Å². The third-order valence-corrected chi connectivity index (χ3v) is 4.42. The summed E-state index contributed by atoms with van der Waals surface area (Å²) in [4.78, 5) is 2.37. The van der Waals surface area contributed by atoms with Crippen LogP contribution >= 0.6 is 15.9 Å². The van der Waals surface area contributed by atoms with Crippen LogP contribution in [0.25, 0.3) is 0 Å². The van der Waals surface area contributed by atoms with Gasteiger partial charge in [-0.05, 0) is 57.6 Å². The maximum Gasteiger partial charge on any atom is 0.120 e. The fraction of sp³-hybridized carbons (Fsp3) is 0.600. The summed E-state index contributed by atoms with van der Waals surface area (Å²) in [5.74, 6) is 0.385. The molecular formula is C15H23BrN2O. The highest BCUT2D eigenvalue weighted by atomic mass is 79.9. The van der Waals surface area contributed by atoms with Gasteiger partial charge in [-0.1, -0.05) is 22.9 Å². The number of hydrogen-bond donors (Lipinski definition) is 2. The van der Waals surface area contributed by atoms with Gasteiger partial charge in [-0.3, -0.25) is 0 Å². The summed E-state index contributed by atoms with van der Waals surface area (Å²) in [5, 5.41) is 13.7. The van der Waals surface area contributed by atoms with Gasteiger partial charge < -0.3 is 15.3 Å². The van der Waals surface area contributed by atoms with Gasteiger partial charge >= 0.3 is 0 Å². The van der Waals surface area contributed by atoms with E-state index >= 15 is 0 Å². The largest absolute Gasteiger partial charge is 0.508 e. The maximum absolute atomic E-state index is 10.0. The van der Waals surface area contributed by atoms with Gasteiger partial charge in [0.2, 0.25) is 0 Å². The van der Waals surface area contributed by atoms with Gasteiger partial charge in [0.15, 0.2) is 0 Å². The minimum Gasteiger partial charge on any atom is -0.508 e. The summed E-state index contributed by atoms with van der Waals surface area (Å²) in [5.41, 5.74) is 0.996. The fourth-order valence-corrected chi connectivity index (χ4v) is 3.07. The first-order valence-electron chi connectivity index (χ1n) is 7.03. The lowest BCUT2D eigenvalue weighted by Crippen LogP contribution is -2.42. The van der Waals surface area contributed by atoms with Gasteiger partial charge in [-0.15, -0.1) is 0 Å². The second-order valence-electron chi connectivity index (χ2n) is 5.41. The first-order chi connectivity index (χ1) is 9.10. The van der Waals surface area contributed by atoms with Crippen molar-refractivity contribution in [2.45, 2.75) is 38.3 Å². The number of likely N-dealkylation sites (tertiary alicyclic amines) is 1. The smallest absolute Gasteiger partial charge is 0.120 e. The van der Waals surface area contributed by atoms with Crippen LogP contribution in [0.2, 0.25) is 0 Å². The molecular weight excluding hydrogens is 304 g/mol. The van der Waals surface area contributed by atoms with Crippen LogP contribution in [0.15, 0.2) is 22.7 Å². The van der Waals surface area contributed by atoms with Crippen molar-refractivity contribution in [3.63, 3.8) is 0 Å². The Morgan fingerprint density at radius 2 is 2.11 bits per heavy atom. The number of halogens is 1. The second kappa shape index (κ2) is 6.73. The topological polar surface area (TPSA) is 35.5 Å². The summed E-state index contributed by atoms with van der Waals surface area (Å²) >= 11 is 3.48. The van der Waals surface area contributed by atoms with Crippen molar-refractivity contribution >= 4 is 15.9 Å². The van der Waals surface area contributed by atoms with E-state index < -0.39 is 0 Å². The summed E-state index contributed by atoms with van der Waals surface area (Å²) in [6.07, 6.45) is 3.35. The van der Waals surface area contributed by atoms with Gasteiger partial charge in [0.05, 0.1) is 0 Å². The van der Waals surface area contributed by atoms with Crippen molar-refractivity contribution in [1.82, 2.24) is 10.2 Å². The number of nitrogens with zero attached hydrogens (tertiary/aromatic N) is 1. The molecule has 0 radical (unpaired) electrons. The van der Waals surface area contributed by atoms with E-state index in [9.17, 15) is 5.11 Å². The Hall–Kier alpha value is -0.580. The fourth-order valence-electron chi connectivity index (χ4n) is 2.69. The molecule has 1 fully saturated rings. The summed E-state index contributed by atoms with van der Waals surface area (Å²) < 4.78 is 1.02. The minimum absolute atomic E-state index is 0.228. The third kappa shape index (κ3) is 3.94. The van der Waals surface area contributed by atoms with Crippen LogP contribution in [0.5, 0.6) is 5.75 Å². The Labute approximate surface area is 124 Å². The summed E-state index contributed by atoms with van der Waals surface area (Å²) in [6, 6.07) is 6.44. The number of piperidine rings is 1. The molecule has 1 aromatic rings. The molecule has 0 aromatic heterocycles. The molecule has 2 rings (SSSR count). The zero-order chi connectivity index (χ0) is 13.8. The quantitative estimate of drug-likeness (QED) is 0.891. The zero-order valence-electron chi connectivity index (χ0n) is 11.7. The van der Waals surface area contributed by atoms with Crippen molar-refractivity contribution < 1.29 is 5.11 Å². The molecule has 1 heterocycles. The van der Waals surface area contributed by atoms with Crippen molar-refractivity contribution in [2.24, 2.45) is 0 Å². The highest BCUT2D eigenvalue weighted by Crippen LogP contribution is 2.30. The summed E-state index contributed by atoms with van der Waals surface area (Å²) in [7, 11) is 2.17. The van der Waals surface area contributed by atoms with E-state index in [0.717, 1.165) is 29.5 Å². The molecule has 1 atom stereocenters. The molecule has 1 aliphatic rings. The first-order valence-corrected chi connectivity index (χ1v) is 7.82. The molecule has 106 valence electrons. The Kier molecular flexibility index (Phi) is 5.25. The van der Waals surface area contributed by atoms with Gasteiger partial charge in [-0.2, -0.15) is 0 Å². The van der Waals surface area contributed by atoms with E-state index in [1.807, 2.05) is 12.1 Å². The van der Waals surface area contributed by atoms with E-state index in [1.165, 1.54) is 12.8 Å². The predicted octanol–water partition coefficient (Wildman–Crippen LogP) is 3.29. The number of hydrogen-bond acceptors (Lipinski definition) is 3. The highest BCUT2D eigenvalue weighted by Gasteiger charge is 2.21. The number of rotatable bonds is 4. The second-order valence-corrected chi connectivity index (χ2v) is 6.32. The van der Waals surface area contributed by atoms with Crippen LogP contribution < -0.4 is 5.32 Å². The average Bonchev–Trinajstić information content (AvgIpc) is 2.41. The van der Waals surface area contributed by atoms with E-state index in [4.69, 9.17) is 0 Å². The maximum atomic E-state index is 10.0. The average molecular weight is 327 g/mol. The van der Waals surface area contributed by atoms with E-state index in [0.29, 0.717) is 11.8 Å². The van der Waals surface area contributed by atoms with Gasteiger partial charge in [0.25, 0.3) is 0 Å². The monoisotopic (exact) mass is 326 g/mol. The van der Waals surface area contributed by atoms with Crippen LogP contribution in [0, 0.1) is 0 Å². The van der Waals surface area contributed by atoms with Crippen LogP contribution in [-0.2, 0) is 0 Å². The first kappa shape index (κ1) is 14.8. The lowest BCUT2D eigenvalue weighted by molar-refractivity contribution is 0.222. The third-order valence-electron chi connectivity index (χ3n) is 3.93. The Morgan fingerprint density at radius 1 is 1.42 bits per heavy atom. The van der Waals surface area contributed by atoms with Crippen LogP contribution in [0.1, 0.15) is 37.8 Å². The number of benzene rings is 1. The zero-order valence-corrected chi connectivity index (χ0v) is 13.3. The lowest BCUT2D eigenvalue weighted by atomic mass is 9.99. The normalized spacial score (nSPS) is 19.5. The Bertz CT molecular complexity index is 417. The molecule has 0 spiro atoms. The molecule has 0 saturated carbocycles.